The zero-order valence-corrected chi connectivity index (χ0v) is 15.7. The van der Waals surface area contributed by atoms with Crippen molar-refractivity contribution in [1.82, 2.24) is 25.0 Å². The number of likely N-dealkylation sites (tertiary alicyclic amines) is 1. The van der Waals surface area contributed by atoms with Gasteiger partial charge in [-0.25, -0.2) is 14.4 Å². The van der Waals surface area contributed by atoms with Gasteiger partial charge in [0.05, 0.1) is 16.8 Å². The number of hydrogen-bond acceptors (Lipinski definition) is 6. The van der Waals surface area contributed by atoms with Crippen molar-refractivity contribution in [3.63, 3.8) is 0 Å². The van der Waals surface area contributed by atoms with Crippen LogP contribution in [-0.4, -0.2) is 44.0 Å². The van der Waals surface area contributed by atoms with Crippen molar-refractivity contribution in [2.75, 3.05) is 13.1 Å². The molecule has 1 atom stereocenters. The van der Waals surface area contributed by atoms with E-state index < -0.39 is 5.82 Å². The Morgan fingerprint density at radius 2 is 2.07 bits per heavy atom. The zero-order valence-electron chi connectivity index (χ0n) is 15.7. The van der Waals surface area contributed by atoms with Gasteiger partial charge in [-0.1, -0.05) is 17.3 Å². The third-order valence-corrected chi connectivity index (χ3v) is 4.91. The Bertz CT molecular complexity index is 1020. The van der Waals surface area contributed by atoms with Gasteiger partial charge in [0.1, 0.15) is 11.6 Å². The van der Waals surface area contributed by atoms with Crippen LogP contribution in [0.2, 0.25) is 0 Å². The highest BCUT2D eigenvalue weighted by Gasteiger charge is 2.30. The molecule has 7 nitrogen and oxygen atoms in total. The van der Waals surface area contributed by atoms with Gasteiger partial charge in [-0.05, 0) is 31.9 Å². The number of carbonyl (C=O) groups excluding carboxylic acids is 1. The van der Waals surface area contributed by atoms with Gasteiger partial charge in [0.15, 0.2) is 0 Å². The SMILES string of the molecule is Cc1ncc(-c2noc(C)n2)c([C@H]2CCCN(C(=O)c3ccccc3F)C2)n1. The Kier molecular flexibility index (Phi) is 4.85. The maximum absolute atomic E-state index is 14.1. The van der Waals surface area contributed by atoms with E-state index in [2.05, 4.69) is 20.1 Å². The van der Waals surface area contributed by atoms with E-state index in [1.807, 2.05) is 6.92 Å². The number of piperidine rings is 1. The van der Waals surface area contributed by atoms with Crippen LogP contribution >= 0.6 is 0 Å². The molecule has 28 heavy (non-hydrogen) atoms. The van der Waals surface area contributed by atoms with E-state index in [1.165, 1.54) is 12.1 Å². The molecule has 0 saturated carbocycles. The second-order valence-electron chi connectivity index (χ2n) is 6.92. The summed E-state index contributed by atoms with van der Waals surface area (Å²) in [5.74, 6) is 0.712. The molecule has 0 spiro atoms. The Morgan fingerprint density at radius 1 is 1.25 bits per heavy atom. The number of carbonyl (C=O) groups is 1. The van der Waals surface area contributed by atoms with Crippen LogP contribution in [0.25, 0.3) is 11.4 Å². The van der Waals surface area contributed by atoms with Gasteiger partial charge in [0, 0.05) is 32.1 Å². The zero-order chi connectivity index (χ0) is 19.7. The molecule has 0 N–H and O–H groups in total. The summed E-state index contributed by atoms with van der Waals surface area (Å²) in [5.41, 5.74) is 1.59. The number of nitrogens with zero attached hydrogens (tertiary/aromatic N) is 5. The van der Waals surface area contributed by atoms with Crippen molar-refractivity contribution in [3.05, 3.63) is 59.3 Å². The van der Waals surface area contributed by atoms with E-state index in [4.69, 9.17) is 4.52 Å². The molecule has 0 aliphatic carbocycles. The molecule has 0 radical (unpaired) electrons. The third-order valence-electron chi connectivity index (χ3n) is 4.91. The normalized spacial score (nSPS) is 17.0. The fourth-order valence-electron chi connectivity index (χ4n) is 3.57. The summed E-state index contributed by atoms with van der Waals surface area (Å²) >= 11 is 0. The van der Waals surface area contributed by atoms with Crippen molar-refractivity contribution < 1.29 is 13.7 Å². The summed E-state index contributed by atoms with van der Waals surface area (Å²) in [6, 6.07) is 6.07. The highest BCUT2D eigenvalue weighted by molar-refractivity contribution is 5.94. The number of amides is 1. The van der Waals surface area contributed by atoms with E-state index in [1.54, 1.807) is 30.2 Å². The van der Waals surface area contributed by atoms with Crippen LogP contribution in [0.5, 0.6) is 0 Å². The van der Waals surface area contributed by atoms with Crippen LogP contribution in [0, 0.1) is 19.7 Å². The molecule has 144 valence electrons. The average Bonchev–Trinajstić information content (AvgIpc) is 3.14. The van der Waals surface area contributed by atoms with Gasteiger partial charge in [-0.15, -0.1) is 0 Å². The lowest BCUT2D eigenvalue weighted by molar-refractivity contribution is 0.0701. The van der Waals surface area contributed by atoms with Crippen molar-refractivity contribution in [3.8, 4) is 11.4 Å². The molecule has 1 fully saturated rings. The first-order valence-corrected chi connectivity index (χ1v) is 9.21. The Hall–Kier alpha value is -3.16. The summed E-state index contributed by atoms with van der Waals surface area (Å²) in [4.78, 5) is 27.7. The van der Waals surface area contributed by atoms with Gasteiger partial charge in [-0.2, -0.15) is 4.98 Å². The first-order valence-electron chi connectivity index (χ1n) is 9.21. The Balaban J connectivity index is 1.64. The second-order valence-corrected chi connectivity index (χ2v) is 6.92. The highest BCUT2D eigenvalue weighted by atomic mass is 19.1. The monoisotopic (exact) mass is 381 g/mol. The minimum atomic E-state index is -0.504. The van der Waals surface area contributed by atoms with Crippen LogP contribution in [0.1, 0.15) is 46.5 Å². The fourth-order valence-corrected chi connectivity index (χ4v) is 3.57. The molecular weight excluding hydrogens is 361 g/mol. The summed E-state index contributed by atoms with van der Waals surface area (Å²) in [7, 11) is 0. The maximum atomic E-state index is 14.1. The van der Waals surface area contributed by atoms with Crippen LogP contribution in [-0.2, 0) is 0 Å². The molecule has 1 aliphatic rings. The topological polar surface area (TPSA) is 85.0 Å². The predicted octanol–water partition coefficient (Wildman–Crippen LogP) is 3.30. The lowest BCUT2D eigenvalue weighted by Crippen LogP contribution is -2.39. The minimum absolute atomic E-state index is 0.0139. The summed E-state index contributed by atoms with van der Waals surface area (Å²) in [6.45, 7) is 4.58. The Morgan fingerprint density at radius 3 is 2.82 bits per heavy atom. The first-order chi connectivity index (χ1) is 13.5. The molecule has 2 aromatic heterocycles. The van der Waals surface area contributed by atoms with E-state index in [0.717, 1.165) is 18.5 Å². The van der Waals surface area contributed by atoms with E-state index in [9.17, 15) is 9.18 Å². The minimum Gasteiger partial charge on any atom is -0.339 e. The fraction of sp³-hybridized carbons (Fsp3) is 0.350. The van der Waals surface area contributed by atoms with Crippen LogP contribution in [0.3, 0.4) is 0 Å². The van der Waals surface area contributed by atoms with Gasteiger partial charge in [-0.3, -0.25) is 4.79 Å². The van der Waals surface area contributed by atoms with Gasteiger partial charge in [0.25, 0.3) is 5.91 Å². The summed E-state index contributed by atoms with van der Waals surface area (Å²) < 4.78 is 19.2. The number of rotatable bonds is 3. The summed E-state index contributed by atoms with van der Waals surface area (Å²) in [6.07, 6.45) is 3.36. The lowest BCUT2D eigenvalue weighted by atomic mass is 9.91. The molecule has 3 aromatic rings. The Labute approximate surface area is 161 Å². The van der Waals surface area contributed by atoms with Crippen molar-refractivity contribution in [1.29, 1.82) is 0 Å². The molecule has 8 heteroatoms. The van der Waals surface area contributed by atoms with E-state index >= 15 is 0 Å². The molecule has 4 rings (SSSR count). The number of hydrogen-bond donors (Lipinski definition) is 0. The predicted molar refractivity (Wildman–Crippen MR) is 99.1 cm³/mol. The lowest BCUT2D eigenvalue weighted by Gasteiger charge is -2.33. The van der Waals surface area contributed by atoms with Crippen LogP contribution in [0.15, 0.2) is 35.0 Å². The molecule has 0 bridgehead atoms. The highest BCUT2D eigenvalue weighted by Crippen LogP contribution is 2.32. The number of halogens is 1. The quantitative estimate of drug-likeness (QED) is 0.692. The van der Waals surface area contributed by atoms with Crippen molar-refractivity contribution in [2.45, 2.75) is 32.6 Å². The average molecular weight is 381 g/mol. The van der Waals surface area contributed by atoms with Crippen LogP contribution < -0.4 is 0 Å². The van der Waals surface area contributed by atoms with Crippen LogP contribution in [0.4, 0.5) is 4.39 Å². The third kappa shape index (κ3) is 3.49. The molecular formula is C20H20FN5O2. The van der Waals surface area contributed by atoms with E-state index in [-0.39, 0.29) is 17.4 Å². The standard InChI is InChI=1S/C20H20FN5O2/c1-12-22-10-16(19-24-13(2)28-25-19)18(23-12)14-6-5-9-26(11-14)20(27)15-7-3-4-8-17(15)21/h3-4,7-8,10,14H,5-6,9,11H2,1-2H3/t14-/m0/s1. The summed E-state index contributed by atoms with van der Waals surface area (Å²) in [5, 5.41) is 3.99. The molecule has 3 heterocycles. The molecule has 1 amide bonds. The first kappa shape index (κ1) is 18.2. The largest absolute Gasteiger partial charge is 0.339 e. The molecule has 1 saturated heterocycles. The number of benzene rings is 1. The second kappa shape index (κ2) is 7.46. The molecule has 1 aliphatic heterocycles. The van der Waals surface area contributed by atoms with Gasteiger partial charge >= 0.3 is 0 Å². The number of aromatic nitrogens is 4. The molecule has 0 unspecified atom stereocenters. The van der Waals surface area contributed by atoms with Crippen molar-refractivity contribution >= 4 is 5.91 Å². The van der Waals surface area contributed by atoms with Gasteiger partial charge in [0.2, 0.25) is 11.7 Å². The van der Waals surface area contributed by atoms with Crippen molar-refractivity contribution in [2.24, 2.45) is 0 Å². The molecule has 1 aromatic carbocycles. The maximum Gasteiger partial charge on any atom is 0.256 e. The van der Waals surface area contributed by atoms with Gasteiger partial charge < -0.3 is 9.42 Å². The number of aryl methyl sites for hydroxylation is 2. The smallest absolute Gasteiger partial charge is 0.256 e. The van der Waals surface area contributed by atoms with E-state index in [0.29, 0.717) is 36.2 Å².